The molecule has 0 bridgehead atoms. The summed E-state index contributed by atoms with van der Waals surface area (Å²) in [6.45, 7) is 0.263. The van der Waals surface area contributed by atoms with Crippen molar-refractivity contribution in [3.05, 3.63) is 12.4 Å². The van der Waals surface area contributed by atoms with E-state index in [1.54, 1.807) is 17.0 Å². The maximum atomic E-state index is 10.6. The van der Waals surface area contributed by atoms with Crippen molar-refractivity contribution < 1.29 is 4.79 Å². The molecule has 0 saturated carbocycles. The van der Waals surface area contributed by atoms with Gasteiger partial charge in [-0.15, -0.1) is 10.2 Å². The summed E-state index contributed by atoms with van der Waals surface area (Å²) in [5.41, 5.74) is 0. The summed E-state index contributed by atoms with van der Waals surface area (Å²) in [5.74, 6) is 0.269. The Labute approximate surface area is 56.4 Å². The van der Waals surface area contributed by atoms with Crippen molar-refractivity contribution in [1.82, 2.24) is 9.55 Å². The highest BCUT2D eigenvalue weighted by Gasteiger charge is 2.10. The van der Waals surface area contributed by atoms with Gasteiger partial charge in [0.25, 0.3) is 5.91 Å². The van der Waals surface area contributed by atoms with Crippen LogP contribution in [0, 0.1) is 0 Å². The SMILES string of the molecule is O=C1Cn2ccnc2N=N1. The Morgan fingerprint density at radius 3 is 3.30 bits per heavy atom. The third kappa shape index (κ3) is 0.637. The molecule has 0 unspecified atom stereocenters. The first kappa shape index (κ1) is 5.28. The van der Waals surface area contributed by atoms with Gasteiger partial charge in [-0.2, -0.15) is 0 Å². The molecule has 2 rings (SSSR count). The predicted molar refractivity (Wildman–Crippen MR) is 31.7 cm³/mol. The van der Waals surface area contributed by atoms with Gasteiger partial charge in [-0.1, -0.05) is 0 Å². The van der Waals surface area contributed by atoms with Crippen LogP contribution in [-0.4, -0.2) is 15.5 Å². The van der Waals surface area contributed by atoms with Crippen LogP contribution in [0.25, 0.3) is 0 Å². The highest BCUT2D eigenvalue weighted by Crippen LogP contribution is 2.13. The van der Waals surface area contributed by atoms with Crippen molar-refractivity contribution in [3.8, 4) is 0 Å². The largest absolute Gasteiger partial charge is 0.305 e. The molecule has 5 heteroatoms. The number of carbonyl (C=O) groups excluding carboxylic acids is 1. The van der Waals surface area contributed by atoms with Gasteiger partial charge in [0.15, 0.2) is 0 Å². The third-order valence-corrected chi connectivity index (χ3v) is 1.25. The van der Waals surface area contributed by atoms with E-state index in [0.29, 0.717) is 5.95 Å². The Balaban J connectivity index is 2.52. The molecule has 1 amide bonds. The molecule has 1 aromatic heterocycles. The molecule has 5 nitrogen and oxygen atoms in total. The van der Waals surface area contributed by atoms with Gasteiger partial charge in [-0.25, -0.2) is 4.98 Å². The number of carbonyl (C=O) groups is 1. The van der Waals surface area contributed by atoms with Crippen LogP contribution >= 0.6 is 0 Å². The highest BCUT2D eigenvalue weighted by molar-refractivity contribution is 5.77. The number of hydrogen-bond donors (Lipinski definition) is 0. The Hall–Kier alpha value is -1.52. The zero-order chi connectivity index (χ0) is 6.97. The van der Waals surface area contributed by atoms with Crippen molar-refractivity contribution in [1.29, 1.82) is 0 Å². The van der Waals surface area contributed by atoms with Gasteiger partial charge < -0.3 is 4.57 Å². The quantitative estimate of drug-likeness (QED) is 0.521. The average Bonchev–Trinajstić information content (AvgIpc) is 2.33. The van der Waals surface area contributed by atoms with E-state index in [0.717, 1.165) is 0 Å². The first-order valence-corrected chi connectivity index (χ1v) is 2.82. The molecule has 0 atom stereocenters. The lowest BCUT2D eigenvalue weighted by Gasteiger charge is -2.02. The van der Waals surface area contributed by atoms with Crippen molar-refractivity contribution in [3.63, 3.8) is 0 Å². The van der Waals surface area contributed by atoms with Gasteiger partial charge in [0, 0.05) is 12.4 Å². The van der Waals surface area contributed by atoms with Crippen LogP contribution in [0.1, 0.15) is 0 Å². The summed E-state index contributed by atoms with van der Waals surface area (Å²) in [4.78, 5) is 14.5. The second-order valence-corrected chi connectivity index (χ2v) is 1.95. The fraction of sp³-hybridized carbons (Fsp3) is 0.200. The molecule has 50 valence electrons. The van der Waals surface area contributed by atoms with Gasteiger partial charge in [0.1, 0.15) is 6.54 Å². The summed E-state index contributed by atoms with van der Waals surface area (Å²) in [7, 11) is 0. The van der Waals surface area contributed by atoms with Crippen LogP contribution in [0.4, 0.5) is 5.95 Å². The lowest BCUT2D eigenvalue weighted by atomic mass is 10.6. The van der Waals surface area contributed by atoms with Gasteiger partial charge in [0.2, 0.25) is 5.95 Å². The van der Waals surface area contributed by atoms with E-state index in [1.165, 1.54) is 0 Å². The smallest absolute Gasteiger partial charge is 0.284 e. The second-order valence-electron chi connectivity index (χ2n) is 1.95. The monoisotopic (exact) mass is 136 g/mol. The first-order chi connectivity index (χ1) is 4.86. The third-order valence-electron chi connectivity index (χ3n) is 1.25. The number of hydrogen-bond acceptors (Lipinski definition) is 3. The zero-order valence-electron chi connectivity index (χ0n) is 5.06. The molecule has 1 aromatic rings. The minimum absolute atomic E-state index is 0.231. The summed E-state index contributed by atoms with van der Waals surface area (Å²) in [5, 5.41) is 6.91. The maximum absolute atomic E-state index is 10.6. The fourth-order valence-corrected chi connectivity index (χ4v) is 0.806. The minimum atomic E-state index is -0.231. The van der Waals surface area contributed by atoms with Gasteiger partial charge in [-0.05, 0) is 0 Å². The van der Waals surface area contributed by atoms with Crippen molar-refractivity contribution in [2.75, 3.05) is 0 Å². The van der Waals surface area contributed by atoms with Gasteiger partial charge in [-0.3, -0.25) is 4.79 Å². The Bertz CT molecular complexity index is 300. The molecule has 0 saturated heterocycles. The van der Waals surface area contributed by atoms with Crippen LogP contribution in [0.5, 0.6) is 0 Å². The molecular formula is C5H4N4O. The lowest BCUT2D eigenvalue weighted by Crippen LogP contribution is -2.09. The molecule has 0 aromatic carbocycles. The van der Waals surface area contributed by atoms with Crippen LogP contribution in [0.15, 0.2) is 22.6 Å². The van der Waals surface area contributed by atoms with Crippen molar-refractivity contribution >= 4 is 11.9 Å². The second kappa shape index (κ2) is 1.73. The average molecular weight is 136 g/mol. The lowest BCUT2D eigenvalue weighted by molar-refractivity contribution is -0.119. The summed E-state index contributed by atoms with van der Waals surface area (Å²) >= 11 is 0. The van der Waals surface area contributed by atoms with Crippen LogP contribution in [-0.2, 0) is 11.3 Å². The number of azo groups is 1. The Kier molecular flexibility index (Phi) is 0.913. The molecule has 0 aliphatic carbocycles. The zero-order valence-corrected chi connectivity index (χ0v) is 5.06. The topological polar surface area (TPSA) is 59.6 Å². The van der Waals surface area contributed by atoms with E-state index in [-0.39, 0.29) is 12.5 Å². The molecular weight excluding hydrogens is 132 g/mol. The van der Waals surface area contributed by atoms with Crippen LogP contribution < -0.4 is 0 Å². The normalized spacial score (nSPS) is 15.4. The van der Waals surface area contributed by atoms with Crippen molar-refractivity contribution in [2.24, 2.45) is 10.2 Å². The molecule has 1 aliphatic heterocycles. The number of imidazole rings is 1. The molecule has 2 heterocycles. The molecule has 10 heavy (non-hydrogen) atoms. The summed E-state index contributed by atoms with van der Waals surface area (Å²) in [6, 6.07) is 0. The molecule has 1 aliphatic rings. The summed E-state index contributed by atoms with van der Waals surface area (Å²) < 4.78 is 1.65. The molecule has 0 spiro atoms. The Morgan fingerprint density at radius 2 is 2.40 bits per heavy atom. The Morgan fingerprint density at radius 1 is 1.50 bits per heavy atom. The molecule has 0 N–H and O–H groups in total. The van der Waals surface area contributed by atoms with E-state index >= 15 is 0 Å². The van der Waals surface area contributed by atoms with Gasteiger partial charge in [0.05, 0.1) is 0 Å². The van der Waals surface area contributed by atoms with E-state index in [4.69, 9.17) is 0 Å². The number of nitrogens with zero attached hydrogens (tertiary/aromatic N) is 4. The maximum Gasteiger partial charge on any atom is 0.284 e. The van der Waals surface area contributed by atoms with Crippen molar-refractivity contribution in [2.45, 2.75) is 6.54 Å². The fourth-order valence-electron chi connectivity index (χ4n) is 0.806. The molecule has 0 fully saturated rings. The van der Waals surface area contributed by atoms with E-state index in [2.05, 4.69) is 15.2 Å². The van der Waals surface area contributed by atoms with Crippen LogP contribution in [0.2, 0.25) is 0 Å². The number of aromatic nitrogens is 2. The van der Waals surface area contributed by atoms with E-state index < -0.39 is 0 Å². The number of fused-ring (bicyclic) bond motifs is 1. The summed E-state index contributed by atoms with van der Waals surface area (Å²) in [6.07, 6.45) is 3.29. The standard InChI is InChI=1S/C5H4N4O/c10-4-3-9-2-1-6-5(9)8-7-4/h1-2H,3H2. The van der Waals surface area contributed by atoms with E-state index in [9.17, 15) is 4.79 Å². The predicted octanol–water partition coefficient (Wildman–Crippen LogP) is 0.507. The molecule has 0 radical (unpaired) electrons. The van der Waals surface area contributed by atoms with Crippen LogP contribution in [0.3, 0.4) is 0 Å². The first-order valence-electron chi connectivity index (χ1n) is 2.82. The van der Waals surface area contributed by atoms with Gasteiger partial charge >= 0.3 is 0 Å². The highest BCUT2D eigenvalue weighted by atomic mass is 16.2. The number of rotatable bonds is 0. The minimum Gasteiger partial charge on any atom is -0.305 e. The van der Waals surface area contributed by atoms with E-state index in [1.807, 2.05) is 0 Å². The number of amides is 1.